The lowest BCUT2D eigenvalue weighted by molar-refractivity contribution is -0.0119. The van der Waals surface area contributed by atoms with Crippen LogP contribution in [0.5, 0.6) is 0 Å². The Labute approximate surface area is 131 Å². The van der Waals surface area contributed by atoms with Gasteiger partial charge in [-0.25, -0.2) is 0 Å². The Bertz CT molecular complexity index is 552. The number of carbonyl (C=O) groups is 1. The van der Waals surface area contributed by atoms with Crippen LogP contribution in [0.1, 0.15) is 48.2 Å². The minimum Gasteiger partial charge on any atom is -0.394 e. The van der Waals surface area contributed by atoms with E-state index in [9.17, 15) is 4.79 Å². The third-order valence-corrected chi connectivity index (χ3v) is 6.18. The summed E-state index contributed by atoms with van der Waals surface area (Å²) in [4.78, 5) is 12.6. The maximum Gasteiger partial charge on any atom is 0.254 e. The molecule has 4 aliphatic rings. The van der Waals surface area contributed by atoms with Crippen molar-refractivity contribution in [3.63, 3.8) is 0 Å². The van der Waals surface area contributed by atoms with Gasteiger partial charge < -0.3 is 10.4 Å². The Morgan fingerprint density at radius 3 is 2.50 bits per heavy atom. The highest BCUT2D eigenvalue weighted by molar-refractivity contribution is 5.95. The molecule has 0 aliphatic heterocycles. The highest BCUT2D eigenvalue weighted by Crippen LogP contribution is 2.53. The van der Waals surface area contributed by atoms with Crippen molar-refractivity contribution in [3.8, 4) is 0 Å². The zero-order chi connectivity index (χ0) is 15.3. The summed E-state index contributed by atoms with van der Waals surface area (Å²) in [6.45, 7) is 2.38. The van der Waals surface area contributed by atoms with Gasteiger partial charge in [-0.15, -0.1) is 0 Å². The van der Waals surface area contributed by atoms with Gasteiger partial charge in [-0.3, -0.25) is 9.48 Å². The summed E-state index contributed by atoms with van der Waals surface area (Å²) in [5, 5.41) is 16.6. The van der Waals surface area contributed by atoms with E-state index in [4.69, 9.17) is 5.11 Å². The van der Waals surface area contributed by atoms with E-state index in [1.54, 1.807) is 10.9 Å². The molecule has 0 saturated heterocycles. The molecular weight excluding hydrogens is 278 g/mol. The van der Waals surface area contributed by atoms with Crippen LogP contribution in [-0.4, -0.2) is 33.4 Å². The lowest BCUT2D eigenvalue weighted by atomic mass is 9.54. The molecule has 5 heteroatoms. The molecule has 4 fully saturated rings. The molecular formula is C17H25N3O2. The predicted molar refractivity (Wildman–Crippen MR) is 82.3 cm³/mol. The monoisotopic (exact) mass is 303 g/mol. The predicted octanol–water partition coefficient (Wildman–Crippen LogP) is 1.74. The van der Waals surface area contributed by atoms with Crippen LogP contribution >= 0.6 is 0 Å². The maximum atomic E-state index is 12.6. The summed E-state index contributed by atoms with van der Waals surface area (Å²) in [5.74, 6) is 3.23. The van der Waals surface area contributed by atoms with Crippen molar-refractivity contribution in [2.45, 2.75) is 51.6 Å². The van der Waals surface area contributed by atoms with Crippen LogP contribution in [0.15, 0.2) is 6.20 Å². The molecule has 0 atom stereocenters. The first-order chi connectivity index (χ1) is 10.7. The smallest absolute Gasteiger partial charge is 0.254 e. The second-order valence-electron chi connectivity index (χ2n) is 7.52. The van der Waals surface area contributed by atoms with E-state index in [1.807, 2.05) is 6.92 Å². The molecule has 2 N–H and O–H groups in total. The van der Waals surface area contributed by atoms with Crippen molar-refractivity contribution >= 4 is 5.91 Å². The van der Waals surface area contributed by atoms with Gasteiger partial charge in [-0.2, -0.15) is 5.10 Å². The molecule has 1 heterocycles. The van der Waals surface area contributed by atoms with Crippen LogP contribution in [0.2, 0.25) is 0 Å². The fourth-order valence-electron chi connectivity index (χ4n) is 5.38. The van der Waals surface area contributed by atoms with Gasteiger partial charge in [0.1, 0.15) is 0 Å². The zero-order valence-electron chi connectivity index (χ0n) is 13.2. The number of aromatic nitrogens is 2. The first-order valence-corrected chi connectivity index (χ1v) is 8.59. The molecule has 120 valence electrons. The molecule has 4 saturated carbocycles. The number of hydrogen-bond acceptors (Lipinski definition) is 3. The first kappa shape index (κ1) is 14.2. The van der Waals surface area contributed by atoms with Crippen molar-refractivity contribution in [1.82, 2.24) is 15.1 Å². The Balaban J connectivity index is 1.48. The lowest BCUT2D eigenvalue weighted by Gasteiger charge is -2.54. The van der Waals surface area contributed by atoms with Crippen molar-refractivity contribution in [1.29, 1.82) is 0 Å². The van der Waals surface area contributed by atoms with Gasteiger partial charge >= 0.3 is 0 Å². The van der Waals surface area contributed by atoms with Gasteiger partial charge in [0.2, 0.25) is 0 Å². The van der Waals surface area contributed by atoms with Crippen molar-refractivity contribution < 1.29 is 9.90 Å². The molecule has 0 unspecified atom stereocenters. The van der Waals surface area contributed by atoms with E-state index < -0.39 is 0 Å². The summed E-state index contributed by atoms with van der Waals surface area (Å²) in [6, 6.07) is 0.362. The summed E-state index contributed by atoms with van der Waals surface area (Å²) in [5.41, 5.74) is 1.50. The summed E-state index contributed by atoms with van der Waals surface area (Å²) < 4.78 is 1.70. The normalized spacial score (nSPS) is 35.8. The van der Waals surface area contributed by atoms with Crippen LogP contribution < -0.4 is 5.32 Å². The Kier molecular flexibility index (Phi) is 3.48. The highest BCUT2D eigenvalue weighted by atomic mass is 16.3. The molecule has 4 bridgehead atoms. The van der Waals surface area contributed by atoms with Crippen LogP contribution in [0.4, 0.5) is 0 Å². The fraction of sp³-hybridized carbons (Fsp3) is 0.765. The second-order valence-corrected chi connectivity index (χ2v) is 7.52. The van der Waals surface area contributed by atoms with E-state index in [1.165, 1.54) is 32.1 Å². The van der Waals surface area contributed by atoms with E-state index >= 15 is 0 Å². The third-order valence-electron chi connectivity index (χ3n) is 6.18. The van der Waals surface area contributed by atoms with Crippen LogP contribution in [0, 0.1) is 30.6 Å². The van der Waals surface area contributed by atoms with Gasteiger partial charge in [0.25, 0.3) is 5.91 Å². The molecule has 5 rings (SSSR count). The largest absolute Gasteiger partial charge is 0.394 e. The van der Waals surface area contributed by atoms with Crippen molar-refractivity contribution in [2.75, 3.05) is 6.61 Å². The van der Waals surface area contributed by atoms with Gasteiger partial charge in [0.05, 0.1) is 24.9 Å². The van der Waals surface area contributed by atoms with E-state index in [2.05, 4.69) is 10.4 Å². The lowest BCUT2D eigenvalue weighted by Crippen LogP contribution is -2.55. The van der Waals surface area contributed by atoms with E-state index in [-0.39, 0.29) is 12.5 Å². The summed E-state index contributed by atoms with van der Waals surface area (Å²) in [7, 11) is 0. The molecule has 0 spiro atoms. The summed E-state index contributed by atoms with van der Waals surface area (Å²) in [6.07, 6.45) is 8.29. The Hall–Kier alpha value is -1.36. The van der Waals surface area contributed by atoms with Crippen LogP contribution in [-0.2, 0) is 6.54 Å². The Morgan fingerprint density at radius 1 is 1.27 bits per heavy atom. The number of carbonyl (C=O) groups excluding carboxylic acids is 1. The number of amides is 1. The Morgan fingerprint density at radius 2 is 1.91 bits per heavy atom. The number of aliphatic hydroxyl groups is 1. The van der Waals surface area contributed by atoms with Crippen LogP contribution in [0.25, 0.3) is 0 Å². The standard InChI is InChI=1S/C17H25N3O2/c1-10-15(9-18-20(10)2-3-21)17(22)19-16-13-5-11-4-12(7-13)8-14(16)6-11/h9,11-14,16,21H,2-8H2,1H3,(H,19,22). The van der Waals surface area contributed by atoms with E-state index in [0.29, 0.717) is 30.0 Å². The number of nitrogens with zero attached hydrogens (tertiary/aromatic N) is 2. The third kappa shape index (κ3) is 2.26. The number of nitrogens with one attached hydrogen (secondary N) is 1. The SMILES string of the molecule is Cc1c(C(=O)NC2C3CC4CC(C3)CC2C4)cnn1CCO. The minimum atomic E-state index is 0.0131. The fourth-order valence-corrected chi connectivity index (χ4v) is 5.38. The topological polar surface area (TPSA) is 67.2 Å². The van der Waals surface area contributed by atoms with E-state index in [0.717, 1.165) is 17.5 Å². The highest BCUT2D eigenvalue weighted by Gasteiger charge is 2.48. The van der Waals surface area contributed by atoms with Crippen LogP contribution in [0.3, 0.4) is 0 Å². The number of aliphatic hydroxyl groups excluding tert-OH is 1. The molecule has 22 heavy (non-hydrogen) atoms. The molecule has 0 radical (unpaired) electrons. The number of hydrogen-bond donors (Lipinski definition) is 2. The van der Waals surface area contributed by atoms with Crippen molar-refractivity contribution in [2.24, 2.45) is 23.7 Å². The minimum absolute atomic E-state index is 0.0131. The molecule has 1 aromatic heterocycles. The number of rotatable bonds is 4. The second kappa shape index (κ2) is 5.37. The van der Waals surface area contributed by atoms with Crippen molar-refractivity contribution in [3.05, 3.63) is 17.5 Å². The molecule has 1 amide bonds. The summed E-state index contributed by atoms with van der Waals surface area (Å²) >= 11 is 0. The average molecular weight is 303 g/mol. The maximum absolute atomic E-state index is 12.6. The molecule has 0 aromatic carbocycles. The first-order valence-electron chi connectivity index (χ1n) is 8.59. The van der Waals surface area contributed by atoms with Gasteiger partial charge in [0, 0.05) is 11.7 Å². The zero-order valence-corrected chi connectivity index (χ0v) is 13.2. The van der Waals surface area contributed by atoms with Gasteiger partial charge in [-0.05, 0) is 62.7 Å². The molecule has 1 aromatic rings. The molecule has 5 nitrogen and oxygen atoms in total. The molecule has 4 aliphatic carbocycles. The quantitative estimate of drug-likeness (QED) is 0.890. The average Bonchev–Trinajstić information content (AvgIpc) is 2.84. The van der Waals surface area contributed by atoms with Gasteiger partial charge in [-0.1, -0.05) is 0 Å². The van der Waals surface area contributed by atoms with Gasteiger partial charge in [0.15, 0.2) is 0 Å².